The number of benzene rings is 1. The van der Waals surface area contributed by atoms with Gasteiger partial charge in [-0.1, -0.05) is 12.1 Å². The molecule has 0 saturated carbocycles. The zero-order chi connectivity index (χ0) is 11.8. The van der Waals surface area contributed by atoms with Crippen molar-refractivity contribution < 1.29 is 13.6 Å². The van der Waals surface area contributed by atoms with Crippen LogP contribution in [0.25, 0.3) is 0 Å². The second-order valence-electron chi connectivity index (χ2n) is 3.82. The summed E-state index contributed by atoms with van der Waals surface area (Å²) in [6, 6.07) is 5.35. The molecule has 0 spiro atoms. The Balaban J connectivity index is 1.98. The Morgan fingerprint density at radius 1 is 1.24 bits per heavy atom. The summed E-state index contributed by atoms with van der Waals surface area (Å²) in [5.74, 6) is -0.598. The number of halogens is 1. The van der Waals surface area contributed by atoms with Gasteiger partial charge in [0, 0.05) is 0 Å². The number of anilines is 2. The summed E-state index contributed by atoms with van der Waals surface area (Å²) in [4.78, 5) is 11.8. The summed E-state index contributed by atoms with van der Waals surface area (Å²) in [5, 5.41) is 5.69. The van der Waals surface area contributed by atoms with Crippen LogP contribution in [-0.4, -0.2) is 5.91 Å². The van der Waals surface area contributed by atoms with Gasteiger partial charge in [0.25, 0.3) is 5.91 Å². The van der Waals surface area contributed by atoms with Crippen LogP contribution >= 0.6 is 0 Å². The first-order valence-electron chi connectivity index (χ1n) is 5.13. The van der Waals surface area contributed by atoms with Gasteiger partial charge in [0.1, 0.15) is 30.1 Å². The quantitative estimate of drug-likeness (QED) is 0.794. The van der Waals surface area contributed by atoms with Crippen molar-refractivity contribution in [3.8, 4) is 0 Å². The van der Waals surface area contributed by atoms with Crippen LogP contribution in [0.3, 0.4) is 0 Å². The molecule has 1 aromatic carbocycles. The van der Waals surface area contributed by atoms with E-state index in [1.54, 1.807) is 12.1 Å². The van der Waals surface area contributed by atoms with Crippen molar-refractivity contribution >= 4 is 17.3 Å². The van der Waals surface area contributed by atoms with Gasteiger partial charge in [-0.05, 0) is 17.7 Å². The van der Waals surface area contributed by atoms with E-state index < -0.39 is 6.04 Å². The Morgan fingerprint density at radius 2 is 2.06 bits per heavy atom. The monoisotopic (exact) mass is 232 g/mol. The van der Waals surface area contributed by atoms with E-state index in [0.29, 0.717) is 16.9 Å². The van der Waals surface area contributed by atoms with Crippen LogP contribution in [0, 0.1) is 5.82 Å². The highest BCUT2D eigenvalue weighted by atomic mass is 19.1. The summed E-state index contributed by atoms with van der Waals surface area (Å²) in [6.07, 6.45) is 2.95. The number of carbonyl (C=O) groups is 1. The molecule has 1 atom stereocenters. The first kappa shape index (κ1) is 9.89. The molecule has 2 N–H and O–H groups in total. The molecule has 1 unspecified atom stereocenters. The molecule has 1 aromatic heterocycles. The normalized spacial score (nSPS) is 18.2. The van der Waals surface area contributed by atoms with Gasteiger partial charge in [0.15, 0.2) is 0 Å². The SMILES string of the molecule is O=C1Nc2cocc2NC1c1cccc(F)c1. The van der Waals surface area contributed by atoms with Crippen LogP contribution in [0.4, 0.5) is 15.8 Å². The van der Waals surface area contributed by atoms with Gasteiger partial charge in [0.05, 0.1) is 5.69 Å². The molecule has 1 amide bonds. The fourth-order valence-corrected chi connectivity index (χ4v) is 1.85. The largest absolute Gasteiger partial charge is 0.468 e. The van der Waals surface area contributed by atoms with Crippen LogP contribution in [0.5, 0.6) is 0 Å². The van der Waals surface area contributed by atoms with E-state index in [0.717, 1.165) is 0 Å². The molecule has 0 fully saturated rings. The van der Waals surface area contributed by atoms with Crippen LogP contribution in [-0.2, 0) is 4.79 Å². The molecule has 86 valence electrons. The lowest BCUT2D eigenvalue weighted by atomic mass is 10.0. The van der Waals surface area contributed by atoms with E-state index in [1.165, 1.54) is 24.7 Å². The summed E-state index contributed by atoms with van der Waals surface area (Å²) >= 11 is 0. The van der Waals surface area contributed by atoms with Crippen molar-refractivity contribution in [3.63, 3.8) is 0 Å². The Hall–Kier alpha value is -2.30. The molecule has 1 aliphatic heterocycles. The molecule has 0 radical (unpaired) electrons. The number of furan rings is 1. The van der Waals surface area contributed by atoms with E-state index in [2.05, 4.69) is 10.6 Å². The maximum atomic E-state index is 13.1. The molecular formula is C12H9FN2O2. The van der Waals surface area contributed by atoms with Gasteiger partial charge in [0.2, 0.25) is 0 Å². The predicted molar refractivity (Wildman–Crippen MR) is 60.1 cm³/mol. The Labute approximate surface area is 96.4 Å². The van der Waals surface area contributed by atoms with Gasteiger partial charge in [-0.25, -0.2) is 4.39 Å². The van der Waals surface area contributed by atoms with E-state index in [-0.39, 0.29) is 11.7 Å². The topological polar surface area (TPSA) is 54.3 Å². The molecule has 2 heterocycles. The second kappa shape index (κ2) is 3.62. The minimum absolute atomic E-state index is 0.232. The summed E-state index contributed by atoms with van der Waals surface area (Å²) in [7, 11) is 0. The minimum atomic E-state index is -0.601. The van der Waals surface area contributed by atoms with Crippen LogP contribution in [0.2, 0.25) is 0 Å². The number of nitrogens with one attached hydrogen (secondary N) is 2. The fourth-order valence-electron chi connectivity index (χ4n) is 1.85. The third-order valence-corrected chi connectivity index (χ3v) is 2.66. The molecule has 0 saturated heterocycles. The predicted octanol–water partition coefficient (Wildman–Crippen LogP) is 2.52. The average Bonchev–Trinajstić information content (AvgIpc) is 2.75. The Bertz CT molecular complexity index is 579. The van der Waals surface area contributed by atoms with Crippen LogP contribution in [0.15, 0.2) is 41.2 Å². The molecule has 1 aliphatic rings. The zero-order valence-corrected chi connectivity index (χ0v) is 8.74. The number of hydrogen-bond donors (Lipinski definition) is 2. The molecule has 2 aromatic rings. The van der Waals surface area contributed by atoms with Gasteiger partial charge in [-0.3, -0.25) is 4.79 Å². The average molecular weight is 232 g/mol. The number of rotatable bonds is 1. The van der Waals surface area contributed by atoms with Gasteiger partial charge in [-0.2, -0.15) is 0 Å². The smallest absolute Gasteiger partial charge is 0.251 e. The minimum Gasteiger partial charge on any atom is -0.468 e. The molecule has 4 nitrogen and oxygen atoms in total. The van der Waals surface area contributed by atoms with Gasteiger partial charge < -0.3 is 15.1 Å². The first-order valence-corrected chi connectivity index (χ1v) is 5.13. The van der Waals surface area contributed by atoms with Crippen molar-refractivity contribution in [2.24, 2.45) is 0 Å². The maximum Gasteiger partial charge on any atom is 0.251 e. The lowest BCUT2D eigenvalue weighted by Crippen LogP contribution is -2.31. The van der Waals surface area contributed by atoms with E-state index in [1.807, 2.05) is 0 Å². The highest BCUT2D eigenvalue weighted by Gasteiger charge is 2.28. The summed E-state index contributed by atoms with van der Waals surface area (Å²) in [6.45, 7) is 0. The highest BCUT2D eigenvalue weighted by molar-refractivity contribution is 6.03. The molecule has 0 bridgehead atoms. The number of hydrogen-bond acceptors (Lipinski definition) is 3. The maximum absolute atomic E-state index is 13.1. The van der Waals surface area contributed by atoms with Crippen LogP contribution < -0.4 is 10.6 Å². The van der Waals surface area contributed by atoms with E-state index in [9.17, 15) is 9.18 Å². The van der Waals surface area contributed by atoms with Crippen molar-refractivity contribution in [1.82, 2.24) is 0 Å². The Kier molecular flexibility index (Phi) is 2.11. The van der Waals surface area contributed by atoms with Crippen molar-refractivity contribution in [1.29, 1.82) is 0 Å². The van der Waals surface area contributed by atoms with Crippen molar-refractivity contribution in [3.05, 3.63) is 48.2 Å². The third kappa shape index (κ3) is 1.65. The lowest BCUT2D eigenvalue weighted by Gasteiger charge is -2.24. The second-order valence-corrected chi connectivity index (χ2v) is 3.82. The molecular weight excluding hydrogens is 223 g/mol. The van der Waals surface area contributed by atoms with E-state index >= 15 is 0 Å². The fraction of sp³-hybridized carbons (Fsp3) is 0.0833. The van der Waals surface area contributed by atoms with E-state index in [4.69, 9.17) is 4.42 Å². The lowest BCUT2D eigenvalue weighted by molar-refractivity contribution is -0.117. The van der Waals surface area contributed by atoms with Crippen molar-refractivity contribution in [2.45, 2.75) is 6.04 Å². The Morgan fingerprint density at radius 3 is 2.88 bits per heavy atom. The molecule has 0 aliphatic carbocycles. The molecule has 17 heavy (non-hydrogen) atoms. The van der Waals surface area contributed by atoms with Gasteiger partial charge >= 0.3 is 0 Å². The molecule has 5 heteroatoms. The van der Waals surface area contributed by atoms with Gasteiger partial charge in [-0.15, -0.1) is 0 Å². The standard InChI is InChI=1S/C12H9FN2O2/c13-8-3-1-2-7(4-8)11-12(16)15-10-6-17-5-9(10)14-11/h1-6,11,14H,(H,15,16). The van der Waals surface area contributed by atoms with Crippen LogP contribution in [0.1, 0.15) is 11.6 Å². The first-order chi connectivity index (χ1) is 8.24. The molecule has 3 rings (SSSR count). The zero-order valence-electron chi connectivity index (χ0n) is 8.74. The number of carbonyl (C=O) groups excluding carboxylic acids is 1. The summed E-state index contributed by atoms with van der Waals surface area (Å²) in [5.41, 5.74) is 1.87. The third-order valence-electron chi connectivity index (χ3n) is 2.66. The highest BCUT2D eigenvalue weighted by Crippen LogP contribution is 2.33. The van der Waals surface area contributed by atoms with Crippen molar-refractivity contribution in [2.75, 3.05) is 10.6 Å². The number of fused-ring (bicyclic) bond motifs is 1. The summed E-state index contributed by atoms with van der Waals surface area (Å²) < 4.78 is 18.1. The number of amides is 1.